The minimum absolute atomic E-state index is 0.0321. The summed E-state index contributed by atoms with van der Waals surface area (Å²) in [5, 5.41) is 5.81. The maximum absolute atomic E-state index is 13.4. The van der Waals surface area contributed by atoms with Gasteiger partial charge >= 0.3 is 6.18 Å². The molecule has 2 aliphatic rings. The molecule has 1 amide bonds. The molecule has 1 saturated heterocycles. The van der Waals surface area contributed by atoms with Crippen LogP contribution in [0.5, 0.6) is 0 Å². The number of carbonyl (C=O) groups is 1. The lowest BCUT2D eigenvalue weighted by atomic mass is 10.1. The van der Waals surface area contributed by atoms with E-state index >= 15 is 0 Å². The number of nitrogens with zero attached hydrogens (tertiary/aromatic N) is 4. The van der Waals surface area contributed by atoms with Crippen LogP contribution >= 0.6 is 23.4 Å². The van der Waals surface area contributed by atoms with Gasteiger partial charge < -0.3 is 4.90 Å². The normalized spacial score (nSPS) is 17.9. The van der Waals surface area contributed by atoms with Crippen LogP contribution < -0.4 is 0 Å². The van der Waals surface area contributed by atoms with Gasteiger partial charge in [0.1, 0.15) is 0 Å². The molecule has 0 radical (unpaired) electrons. The molecule has 5 rings (SSSR count). The van der Waals surface area contributed by atoms with Crippen molar-refractivity contribution in [2.75, 3.05) is 13.1 Å². The maximum Gasteiger partial charge on any atom is 0.416 e. The number of amides is 1. The summed E-state index contributed by atoms with van der Waals surface area (Å²) in [7, 11) is 0. The second kappa shape index (κ2) is 7.97. The zero-order valence-electron chi connectivity index (χ0n) is 16.6. The van der Waals surface area contributed by atoms with E-state index in [0.29, 0.717) is 10.4 Å². The number of alkyl halides is 3. The lowest BCUT2D eigenvalue weighted by Crippen LogP contribution is -2.39. The van der Waals surface area contributed by atoms with Crippen molar-refractivity contribution in [3.8, 4) is 0 Å². The second-order valence-corrected chi connectivity index (χ2v) is 9.02. The van der Waals surface area contributed by atoms with E-state index in [1.165, 1.54) is 28.6 Å². The fourth-order valence-electron chi connectivity index (χ4n) is 3.63. The molecule has 0 atom stereocenters. The van der Waals surface area contributed by atoms with Crippen LogP contribution in [0.3, 0.4) is 0 Å². The third-order valence-corrected chi connectivity index (χ3v) is 6.68. The molecule has 0 aliphatic carbocycles. The van der Waals surface area contributed by atoms with Crippen molar-refractivity contribution in [3.05, 3.63) is 69.2 Å². The lowest BCUT2D eigenvalue weighted by molar-refractivity contribution is -0.138. The third-order valence-electron chi connectivity index (χ3n) is 5.40. The van der Waals surface area contributed by atoms with Gasteiger partial charge in [-0.2, -0.15) is 23.3 Å². The Balaban J connectivity index is 1.40. The van der Waals surface area contributed by atoms with Crippen molar-refractivity contribution in [2.45, 2.75) is 19.1 Å². The van der Waals surface area contributed by atoms with Crippen LogP contribution in [-0.2, 0) is 17.5 Å². The first-order valence-corrected chi connectivity index (χ1v) is 11.1. The molecular formula is C22H16ClF3N4OS. The predicted octanol–water partition coefficient (Wildman–Crippen LogP) is 5.43. The number of likely N-dealkylation sites (tertiary alicyclic amines) is 1. The molecule has 2 aromatic carbocycles. The highest BCUT2D eigenvalue weighted by molar-refractivity contribution is 8.18. The van der Waals surface area contributed by atoms with E-state index < -0.39 is 11.7 Å². The molecule has 10 heteroatoms. The molecule has 1 fully saturated rings. The number of hydrogen-bond donors (Lipinski definition) is 0. The second-order valence-electron chi connectivity index (χ2n) is 7.57. The fraction of sp³-hybridized carbons (Fsp3) is 0.227. The molecule has 0 saturated carbocycles. The summed E-state index contributed by atoms with van der Waals surface area (Å²) in [4.78, 5) is 19.0. The van der Waals surface area contributed by atoms with Gasteiger partial charge in [0.05, 0.1) is 28.7 Å². The summed E-state index contributed by atoms with van der Waals surface area (Å²) in [6.45, 7) is 1.79. The van der Waals surface area contributed by atoms with Gasteiger partial charge in [0.2, 0.25) is 0 Å². The Bertz CT molecular complexity index is 1290. The average molecular weight is 477 g/mol. The first-order chi connectivity index (χ1) is 15.3. The first-order valence-electron chi connectivity index (χ1n) is 9.87. The van der Waals surface area contributed by atoms with E-state index in [9.17, 15) is 18.0 Å². The molecule has 1 aromatic heterocycles. The first kappa shape index (κ1) is 21.1. The molecule has 5 nitrogen and oxygen atoms in total. The summed E-state index contributed by atoms with van der Waals surface area (Å²) >= 11 is 7.13. The highest BCUT2D eigenvalue weighted by atomic mass is 35.5. The van der Waals surface area contributed by atoms with E-state index in [2.05, 4.69) is 15.0 Å². The van der Waals surface area contributed by atoms with Crippen molar-refractivity contribution in [1.29, 1.82) is 0 Å². The number of carbonyl (C=O) groups excluding carboxylic acids is 1. The molecule has 0 spiro atoms. The standard InChI is InChI=1S/C22H16ClF3N4OS/c23-16-4-3-14(17(10-16)22(24,25)26)12-30-18-5-2-13(8-15(18)11-27-30)9-19-20(31)28-21(32-19)29-6-1-7-29/h2-5,8-11H,1,6-7,12H2. The Morgan fingerprint density at radius 3 is 2.69 bits per heavy atom. The van der Waals surface area contributed by atoms with Crippen LogP contribution in [-0.4, -0.2) is 38.8 Å². The van der Waals surface area contributed by atoms with Gasteiger partial charge in [-0.1, -0.05) is 23.7 Å². The minimum Gasteiger partial charge on any atom is -0.351 e. The van der Waals surface area contributed by atoms with Gasteiger partial charge in [-0.25, -0.2) is 0 Å². The number of halogens is 4. The minimum atomic E-state index is -4.51. The number of thioether (sulfide) groups is 1. The lowest BCUT2D eigenvalue weighted by Gasteiger charge is -2.31. The van der Waals surface area contributed by atoms with Crippen LogP contribution in [0.4, 0.5) is 13.2 Å². The summed E-state index contributed by atoms with van der Waals surface area (Å²) in [5.41, 5.74) is 0.806. The largest absolute Gasteiger partial charge is 0.416 e. The monoisotopic (exact) mass is 476 g/mol. The SMILES string of the molecule is O=C1N=C(N2CCC2)SC1=Cc1ccc2c(cnn2Cc2ccc(Cl)cc2C(F)(F)F)c1. The molecule has 3 aromatic rings. The Kier molecular flexibility index (Phi) is 5.25. The van der Waals surface area contributed by atoms with Crippen molar-refractivity contribution >= 4 is 51.4 Å². The number of hydrogen-bond acceptors (Lipinski definition) is 4. The number of aliphatic imine (C=N–C) groups is 1. The smallest absolute Gasteiger partial charge is 0.351 e. The van der Waals surface area contributed by atoms with E-state index in [0.717, 1.165) is 41.7 Å². The topological polar surface area (TPSA) is 50.5 Å². The highest BCUT2D eigenvalue weighted by Gasteiger charge is 2.33. The zero-order chi connectivity index (χ0) is 22.5. The van der Waals surface area contributed by atoms with Crippen molar-refractivity contribution in [3.63, 3.8) is 0 Å². The van der Waals surface area contributed by atoms with Crippen LogP contribution in [0.2, 0.25) is 5.02 Å². The van der Waals surface area contributed by atoms with E-state index in [-0.39, 0.29) is 23.0 Å². The van der Waals surface area contributed by atoms with Gasteiger partial charge in [-0.3, -0.25) is 9.48 Å². The summed E-state index contributed by atoms with van der Waals surface area (Å²) in [5.74, 6) is -0.255. The number of fused-ring (bicyclic) bond motifs is 1. The third kappa shape index (κ3) is 4.02. The van der Waals surface area contributed by atoms with Gasteiger partial charge in [0.15, 0.2) is 5.17 Å². The zero-order valence-corrected chi connectivity index (χ0v) is 18.1. The Hall–Kier alpha value is -2.78. The van der Waals surface area contributed by atoms with Crippen LogP contribution in [0.25, 0.3) is 17.0 Å². The Morgan fingerprint density at radius 1 is 1.16 bits per heavy atom. The maximum atomic E-state index is 13.4. The van der Waals surface area contributed by atoms with Crippen molar-refractivity contribution < 1.29 is 18.0 Å². The molecule has 32 heavy (non-hydrogen) atoms. The number of benzene rings is 2. The number of rotatable bonds is 3. The average Bonchev–Trinajstić information content (AvgIpc) is 3.24. The van der Waals surface area contributed by atoms with E-state index in [1.54, 1.807) is 18.3 Å². The van der Waals surface area contributed by atoms with E-state index in [1.807, 2.05) is 12.1 Å². The molecule has 0 N–H and O–H groups in total. The Morgan fingerprint density at radius 2 is 1.97 bits per heavy atom. The quantitative estimate of drug-likeness (QED) is 0.473. The van der Waals surface area contributed by atoms with Crippen LogP contribution in [0.15, 0.2) is 52.5 Å². The molecular weight excluding hydrogens is 461 g/mol. The van der Waals surface area contributed by atoms with Gasteiger partial charge in [-0.15, -0.1) is 0 Å². The highest BCUT2D eigenvalue weighted by Crippen LogP contribution is 2.35. The fourth-order valence-corrected chi connectivity index (χ4v) is 4.76. The summed E-state index contributed by atoms with van der Waals surface area (Å²) < 4.78 is 41.8. The van der Waals surface area contributed by atoms with Gasteiger partial charge in [0.25, 0.3) is 5.91 Å². The molecule has 0 unspecified atom stereocenters. The van der Waals surface area contributed by atoms with Crippen molar-refractivity contribution in [2.24, 2.45) is 4.99 Å². The molecule has 3 heterocycles. The Labute approximate surface area is 190 Å². The molecule has 2 aliphatic heterocycles. The molecule has 164 valence electrons. The summed E-state index contributed by atoms with van der Waals surface area (Å²) in [6.07, 6.45) is -0.0217. The van der Waals surface area contributed by atoms with Crippen LogP contribution in [0.1, 0.15) is 23.1 Å². The van der Waals surface area contributed by atoms with Gasteiger partial charge in [-0.05, 0) is 59.7 Å². The predicted molar refractivity (Wildman–Crippen MR) is 119 cm³/mol. The molecule has 0 bridgehead atoms. The van der Waals surface area contributed by atoms with Gasteiger partial charge in [0, 0.05) is 23.5 Å². The number of aromatic nitrogens is 2. The summed E-state index contributed by atoms with van der Waals surface area (Å²) in [6, 6.07) is 9.20. The van der Waals surface area contributed by atoms with Crippen molar-refractivity contribution in [1.82, 2.24) is 14.7 Å². The van der Waals surface area contributed by atoms with Crippen LogP contribution in [0, 0.1) is 0 Å². The van der Waals surface area contributed by atoms with E-state index in [4.69, 9.17) is 11.6 Å². The number of amidine groups is 1.